The number of rotatable bonds is 5. The van der Waals surface area contributed by atoms with Gasteiger partial charge in [0.25, 0.3) is 0 Å². The fourth-order valence-electron chi connectivity index (χ4n) is 3.51. The molecule has 1 aromatic carbocycles. The summed E-state index contributed by atoms with van der Waals surface area (Å²) in [4.78, 5) is 20.5. The van der Waals surface area contributed by atoms with E-state index in [0.29, 0.717) is 19.1 Å². The molecule has 1 amide bonds. The first-order valence-corrected chi connectivity index (χ1v) is 10.0. The Morgan fingerprint density at radius 1 is 1.31 bits per heavy atom. The van der Waals surface area contributed by atoms with Crippen molar-refractivity contribution in [2.45, 2.75) is 19.4 Å². The fourth-order valence-corrected chi connectivity index (χ4v) is 3.51. The molecule has 8 heteroatoms. The smallest absolute Gasteiger partial charge is 0.243 e. The van der Waals surface area contributed by atoms with E-state index in [4.69, 9.17) is 9.47 Å². The van der Waals surface area contributed by atoms with E-state index in [0.717, 1.165) is 38.7 Å². The van der Waals surface area contributed by atoms with Crippen molar-refractivity contribution in [3.63, 3.8) is 0 Å². The van der Waals surface area contributed by atoms with E-state index in [-0.39, 0.29) is 42.5 Å². The standard InChI is InChI=1S/C21H32N4O3.HI/c1-16-6-4-5-7-18(16)19-14-25(9-11-28-19)21(23-13-20(26)24(2)3)22-12-17-8-10-27-15-17;/h4-7,17,19H,8-15H2,1-3H3,(H,22,23);1H. The van der Waals surface area contributed by atoms with E-state index in [9.17, 15) is 4.79 Å². The second-order valence-electron chi connectivity index (χ2n) is 7.70. The van der Waals surface area contributed by atoms with Gasteiger partial charge in [-0.05, 0) is 24.5 Å². The van der Waals surface area contributed by atoms with Gasteiger partial charge in [-0.2, -0.15) is 0 Å². The molecule has 162 valence electrons. The van der Waals surface area contributed by atoms with Crippen LogP contribution in [0.2, 0.25) is 0 Å². The maximum Gasteiger partial charge on any atom is 0.243 e. The molecule has 0 aromatic heterocycles. The van der Waals surface area contributed by atoms with Crippen LogP contribution in [0.1, 0.15) is 23.7 Å². The van der Waals surface area contributed by atoms with Crippen LogP contribution in [0, 0.1) is 12.8 Å². The van der Waals surface area contributed by atoms with Gasteiger partial charge in [0.15, 0.2) is 5.96 Å². The zero-order valence-corrected chi connectivity index (χ0v) is 19.9. The number of benzene rings is 1. The van der Waals surface area contributed by atoms with Crippen LogP contribution in [0.15, 0.2) is 29.3 Å². The molecule has 2 atom stereocenters. The molecule has 0 saturated carbocycles. The van der Waals surface area contributed by atoms with Crippen molar-refractivity contribution in [3.8, 4) is 0 Å². The molecule has 0 bridgehead atoms. The monoisotopic (exact) mass is 516 g/mol. The summed E-state index contributed by atoms with van der Waals surface area (Å²) in [6.07, 6.45) is 1.06. The van der Waals surface area contributed by atoms with Crippen LogP contribution in [-0.4, -0.2) is 81.8 Å². The molecule has 2 unspecified atom stereocenters. The number of likely N-dealkylation sites (N-methyl/N-ethyl adjacent to an activating group) is 1. The lowest BCUT2D eigenvalue weighted by atomic mass is 10.0. The zero-order chi connectivity index (χ0) is 19.9. The second-order valence-corrected chi connectivity index (χ2v) is 7.70. The Morgan fingerprint density at radius 2 is 2.10 bits per heavy atom. The Kier molecular flexibility index (Phi) is 9.64. The van der Waals surface area contributed by atoms with Gasteiger partial charge in [-0.3, -0.25) is 4.79 Å². The number of aliphatic imine (C=N–C) groups is 1. The number of amides is 1. The molecule has 0 radical (unpaired) electrons. The van der Waals surface area contributed by atoms with Gasteiger partial charge < -0.3 is 24.6 Å². The van der Waals surface area contributed by atoms with Gasteiger partial charge in [-0.1, -0.05) is 24.3 Å². The number of hydrogen-bond acceptors (Lipinski definition) is 4. The third-order valence-electron chi connectivity index (χ3n) is 5.34. The summed E-state index contributed by atoms with van der Waals surface area (Å²) in [6, 6.07) is 8.33. The summed E-state index contributed by atoms with van der Waals surface area (Å²) in [5.74, 6) is 1.26. The van der Waals surface area contributed by atoms with E-state index in [2.05, 4.69) is 34.3 Å². The molecule has 1 aromatic rings. The minimum Gasteiger partial charge on any atom is -0.381 e. The molecule has 0 aliphatic carbocycles. The third-order valence-corrected chi connectivity index (χ3v) is 5.34. The van der Waals surface area contributed by atoms with Gasteiger partial charge in [-0.15, -0.1) is 24.0 Å². The summed E-state index contributed by atoms with van der Waals surface area (Å²) in [6.45, 7) is 6.77. The summed E-state index contributed by atoms with van der Waals surface area (Å²) in [7, 11) is 3.51. The first-order valence-electron chi connectivity index (χ1n) is 10.0. The lowest BCUT2D eigenvalue weighted by Crippen LogP contribution is -2.49. The Labute approximate surface area is 190 Å². The first-order chi connectivity index (χ1) is 13.5. The summed E-state index contributed by atoms with van der Waals surface area (Å²) >= 11 is 0. The fraction of sp³-hybridized carbons (Fsp3) is 0.619. The van der Waals surface area contributed by atoms with Crippen molar-refractivity contribution in [1.82, 2.24) is 15.1 Å². The Bertz CT molecular complexity index is 692. The van der Waals surface area contributed by atoms with Gasteiger partial charge in [0, 0.05) is 39.7 Å². The molecule has 7 nitrogen and oxygen atoms in total. The van der Waals surface area contributed by atoms with Gasteiger partial charge in [0.05, 0.1) is 19.8 Å². The van der Waals surface area contributed by atoms with Gasteiger partial charge in [-0.25, -0.2) is 4.99 Å². The highest BCUT2D eigenvalue weighted by Crippen LogP contribution is 2.25. The van der Waals surface area contributed by atoms with Crippen LogP contribution in [0.4, 0.5) is 0 Å². The highest BCUT2D eigenvalue weighted by atomic mass is 127. The molecule has 29 heavy (non-hydrogen) atoms. The maximum atomic E-state index is 12.0. The van der Waals surface area contributed by atoms with Crippen molar-refractivity contribution < 1.29 is 14.3 Å². The van der Waals surface area contributed by atoms with Crippen LogP contribution in [0.5, 0.6) is 0 Å². The quantitative estimate of drug-likeness (QED) is 0.369. The van der Waals surface area contributed by atoms with Crippen LogP contribution in [-0.2, 0) is 14.3 Å². The van der Waals surface area contributed by atoms with Gasteiger partial charge in [0.1, 0.15) is 12.6 Å². The summed E-state index contributed by atoms with van der Waals surface area (Å²) in [5.41, 5.74) is 2.44. The Morgan fingerprint density at radius 3 is 2.79 bits per heavy atom. The lowest BCUT2D eigenvalue weighted by Gasteiger charge is -2.36. The third kappa shape index (κ3) is 6.82. The van der Waals surface area contributed by atoms with Crippen LogP contribution >= 0.6 is 24.0 Å². The first kappa shape index (κ1) is 23.9. The number of aryl methyl sites for hydroxylation is 1. The lowest BCUT2D eigenvalue weighted by molar-refractivity contribution is -0.127. The van der Waals surface area contributed by atoms with Crippen molar-refractivity contribution in [2.75, 3.05) is 60.1 Å². The second kappa shape index (κ2) is 11.7. The number of hydrogen-bond donors (Lipinski definition) is 1. The molecule has 2 aliphatic heterocycles. The summed E-state index contributed by atoms with van der Waals surface area (Å²) < 4.78 is 11.5. The highest BCUT2D eigenvalue weighted by Gasteiger charge is 2.26. The molecular weight excluding hydrogens is 483 g/mol. The average Bonchev–Trinajstić information content (AvgIpc) is 3.22. The number of ether oxygens (including phenoxy) is 2. The Hall–Kier alpha value is -1.39. The van der Waals surface area contributed by atoms with E-state index in [1.807, 2.05) is 12.1 Å². The van der Waals surface area contributed by atoms with Crippen molar-refractivity contribution in [2.24, 2.45) is 10.9 Å². The topological polar surface area (TPSA) is 66.4 Å². The van der Waals surface area contributed by atoms with Crippen molar-refractivity contribution in [3.05, 3.63) is 35.4 Å². The van der Waals surface area contributed by atoms with Crippen LogP contribution in [0.3, 0.4) is 0 Å². The maximum absolute atomic E-state index is 12.0. The normalized spacial score (nSPS) is 22.2. The van der Waals surface area contributed by atoms with Crippen molar-refractivity contribution in [1.29, 1.82) is 0 Å². The number of morpholine rings is 1. The predicted octanol–water partition coefficient (Wildman–Crippen LogP) is 2.06. The minimum atomic E-state index is -0.00721. The summed E-state index contributed by atoms with van der Waals surface area (Å²) in [5, 5.41) is 3.48. The van der Waals surface area contributed by atoms with E-state index in [1.54, 1.807) is 19.0 Å². The van der Waals surface area contributed by atoms with E-state index < -0.39 is 0 Å². The molecule has 0 spiro atoms. The molecule has 3 rings (SSSR count). The largest absolute Gasteiger partial charge is 0.381 e. The molecule has 2 aliphatic rings. The van der Waals surface area contributed by atoms with E-state index in [1.165, 1.54) is 11.1 Å². The average molecular weight is 516 g/mol. The number of carbonyl (C=O) groups excluding carboxylic acids is 1. The molecule has 2 saturated heterocycles. The zero-order valence-electron chi connectivity index (χ0n) is 17.6. The van der Waals surface area contributed by atoms with Crippen molar-refractivity contribution >= 4 is 35.8 Å². The minimum absolute atomic E-state index is 0. The number of nitrogens with one attached hydrogen (secondary N) is 1. The van der Waals surface area contributed by atoms with Gasteiger partial charge >= 0.3 is 0 Å². The number of guanidine groups is 1. The number of halogens is 1. The highest BCUT2D eigenvalue weighted by molar-refractivity contribution is 14.0. The molecular formula is C21H33IN4O3. The SMILES string of the molecule is Cc1ccccc1C1CN(C(=NCC(=O)N(C)C)NCC2CCOC2)CCO1.I. The molecule has 1 N–H and O–H groups in total. The Balaban J connectivity index is 0.00000300. The van der Waals surface area contributed by atoms with Crippen LogP contribution < -0.4 is 5.32 Å². The number of carbonyl (C=O) groups is 1. The molecule has 2 heterocycles. The van der Waals surface area contributed by atoms with E-state index >= 15 is 0 Å². The molecule has 2 fully saturated rings. The van der Waals surface area contributed by atoms with Gasteiger partial charge in [0.2, 0.25) is 5.91 Å². The van der Waals surface area contributed by atoms with Crippen LogP contribution in [0.25, 0.3) is 0 Å². The predicted molar refractivity (Wildman–Crippen MR) is 125 cm³/mol. The number of nitrogens with zero attached hydrogens (tertiary/aromatic N) is 3.